The van der Waals surface area contributed by atoms with Crippen LogP contribution in [0.2, 0.25) is 0 Å². The minimum absolute atomic E-state index is 0.156. The maximum Gasteiger partial charge on any atom is 0.316 e. The van der Waals surface area contributed by atoms with Crippen LogP contribution in [-0.4, -0.2) is 22.2 Å². The van der Waals surface area contributed by atoms with Crippen molar-refractivity contribution in [3.8, 4) is 0 Å². The SMILES string of the molecule is O=C(O)C1CC[C@]2(C(=O)O)c3ccc(cc3)[C@]2(Cl)C1. The molecule has 100 valence electrons. The number of hydrogen-bond donors (Lipinski definition) is 2. The monoisotopic (exact) mass is 280 g/mol. The lowest BCUT2D eigenvalue weighted by atomic mass is 9.55. The molecule has 1 aromatic rings. The first-order valence-electron chi connectivity index (χ1n) is 6.18. The number of aliphatic carboxylic acids is 2. The Kier molecular flexibility index (Phi) is 2.45. The van der Waals surface area contributed by atoms with Gasteiger partial charge in [-0.15, -0.1) is 11.6 Å². The molecule has 0 saturated heterocycles. The summed E-state index contributed by atoms with van der Waals surface area (Å²) in [5.74, 6) is -2.45. The average molecular weight is 281 g/mol. The van der Waals surface area contributed by atoms with Gasteiger partial charge >= 0.3 is 11.9 Å². The molecule has 2 bridgehead atoms. The molecule has 1 saturated carbocycles. The summed E-state index contributed by atoms with van der Waals surface area (Å²) in [6, 6.07) is 7.16. The van der Waals surface area contributed by atoms with E-state index in [2.05, 4.69) is 0 Å². The van der Waals surface area contributed by atoms with Gasteiger partial charge in [0.05, 0.1) is 10.8 Å². The van der Waals surface area contributed by atoms with E-state index < -0.39 is 28.1 Å². The van der Waals surface area contributed by atoms with Gasteiger partial charge in [-0.2, -0.15) is 0 Å². The number of carboxylic acid groups (broad SMARTS) is 2. The van der Waals surface area contributed by atoms with Crippen LogP contribution in [0.25, 0.3) is 0 Å². The highest BCUT2D eigenvalue weighted by molar-refractivity contribution is 6.27. The summed E-state index contributed by atoms with van der Waals surface area (Å²) in [4.78, 5) is 21.9. The second-order valence-corrected chi connectivity index (χ2v) is 6.01. The van der Waals surface area contributed by atoms with Crippen LogP contribution in [0.5, 0.6) is 0 Å². The quantitative estimate of drug-likeness (QED) is 0.816. The largest absolute Gasteiger partial charge is 0.481 e. The Morgan fingerprint density at radius 2 is 1.74 bits per heavy atom. The van der Waals surface area contributed by atoms with E-state index in [-0.39, 0.29) is 12.8 Å². The number of alkyl halides is 1. The zero-order valence-electron chi connectivity index (χ0n) is 10.1. The predicted octanol–water partition coefficient (Wildman–Crippen LogP) is 2.34. The third-order valence-corrected chi connectivity index (χ3v) is 5.32. The minimum Gasteiger partial charge on any atom is -0.481 e. The molecule has 19 heavy (non-hydrogen) atoms. The average Bonchev–Trinajstić information content (AvgIpc) is 2.38. The zero-order chi connectivity index (χ0) is 13.8. The van der Waals surface area contributed by atoms with Gasteiger partial charge in [-0.3, -0.25) is 9.59 Å². The summed E-state index contributed by atoms with van der Waals surface area (Å²) in [7, 11) is 0. The molecule has 3 aliphatic rings. The van der Waals surface area contributed by atoms with Crippen LogP contribution in [0, 0.1) is 5.92 Å². The van der Waals surface area contributed by atoms with E-state index in [0.717, 1.165) is 0 Å². The number of carbonyl (C=O) groups is 2. The highest BCUT2D eigenvalue weighted by Crippen LogP contribution is 2.60. The molecular formula is C14H13ClO4. The number of carboxylic acids is 2. The Bertz CT molecular complexity index is 567. The summed E-state index contributed by atoms with van der Waals surface area (Å²) < 4.78 is 0. The molecule has 4 nitrogen and oxygen atoms in total. The molecule has 0 radical (unpaired) electrons. The molecular weight excluding hydrogens is 268 g/mol. The highest BCUT2D eigenvalue weighted by atomic mass is 35.5. The maximum atomic E-state index is 11.8. The molecule has 1 fully saturated rings. The van der Waals surface area contributed by atoms with E-state index in [1.165, 1.54) is 0 Å². The third kappa shape index (κ3) is 1.35. The molecule has 1 unspecified atom stereocenters. The van der Waals surface area contributed by atoms with E-state index in [4.69, 9.17) is 11.6 Å². The van der Waals surface area contributed by atoms with Crippen LogP contribution in [0.1, 0.15) is 30.4 Å². The van der Waals surface area contributed by atoms with Crippen molar-refractivity contribution in [2.24, 2.45) is 5.92 Å². The summed E-state index contributed by atoms with van der Waals surface area (Å²) in [6.45, 7) is 0. The van der Waals surface area contributed by atoms with E-state index in [9.17, 15) is 19.8 Å². The van der Waals surface area contributed by atoms with Crippen LogP contribution in [-0.2, 0) is 19.9 Å². The molecule has 3 atom stereocenters. The van der Waals surface area contributed by atoms with Crippen molar-refractivity contribution in [3.63, 3.8) is 0 Å². The molecule has 2 N–H and O–H groups in total. The Balaban J connectivity index is 2.18. The van der Waals surface area contributed by atoms with Gasteiger partial charge in [-0.25, -0.2) is 0 Å². The Morgan fingerprint density at radius 3 is 2.26 bits per heavy atom. The van der Waals surface area contributed by atoms with Crippen molar-refractivity contribution in [1.82, 2.24) is 0 Å². The van der Waals surface area contributed by atoms with Crippen LogP contribution in [0.3, 0.4) is 0 Å². The van der Waals surface area contributed by atoms with Crippen LogP contribution in [0.4, 0.5) is 0 Å². The summed E-state index contributed by atoms with van der Waals surface area (Å²) in [6.07, 6.45) is 0.759. The van der Waals surface area contributed by atoms with Gasteiger partial charge in [-0.1, -0.05) is 24.3 Å². The maximum absolute atomic E-state index is 11.8. The standard InChI is InChI=1S/C14H13ClO4/c15-14-7-8(11(16)17)5-6-13(14,12(18)19)9-1-3-10(14)4-2-9/h1-4,8H,5-7H2,(H,16,17)(H,18,19)/t8?,13-,14-/m1/s1. The van der Waals surface area contributed by atoms with Gasteiger partial charge in [0.15, 0.2) is 0 Å². The lowest BCUT2D eigenvalue weighted by molar-refractivity contribution is -0.152. The Labute approximate surface area is 115 Å². The normalized spacial score (nSPS) is 35.7. The van der Waals surface area contributed by atoms with E-state index in [0.29, 0.717) is 17.5 Å². The predicted molar refractivity (Wildman–Crippen MR) is 68.3 cm³/mol. The molecule has 5 heteroatoms. The van der Waals surface area contributed by atoms with Gasteiger partial charge < -0.3 is 10.2 Å². The fraction of sp³-hybridized carbons (Fsp3) is 0.429. The van der Waals surface area contributed by atoms with Gasteiger partial charge in [0.1, 0.15) is 5.41 Å². The van der Waals surface area contributed by atoms with Gasteiger partial charge in [0.2, 0.25) is 0 Å². The van der Waals surface area contributed by atoms with E-state index in [1.54, 1.807) is 24.3 Å². The van der Waals surface area contributed by atoms with Crippen LogP contribution < -0.4 is 0 Å². The van der Waals surface area contributed by atoms with Crippen LogP contribution >= 0.6 is 11.6 Å². The second-order valence-electron chi connectivity index (χ2n) is 5.37. The second kappa shape index (κ2) is 3.73. The topological polar surface area (TPSA) is 74.6 Å². The van der Waals surface area contributed by atoms with Crippen molar-refractivity contribution < 1.29 is 19.8 Å². The van der Waals surface area contributed by atoms with Gasteiger partial charge in [0.25, 0.3) is 0 Å². The Hall–Kier alpha value is -1.55. The molecule has 0 aromatic heterocycles. The van der Waals surface area contributed by atoms with Crippen LogP contribution in [0.15, 0.2) is 24.3 Å². The van der Waals surface area contributed by atoms with Crippen molar-refractivity contribution in [3.05, 3.63) is 35.4 Å². The number of halogens is 1. The molecule has 4 rings (SSSR count). The minimum atomic E-state index is -1.18. The Morgan fingerprint density at radius 1 is 1.16 bits per heavy atom. The lowest BCUT2D eigenvalue weighted by Crippen LogP contribution is -2.57. The van der Waals surface area contributed by atoms with Crippen molar-refractivity contribution in [2.75, 3.05) is 0 Å². The number of hydrogen-bond acceptors (Lipinski definition) is 2. The summed E-state index contributed by atoms with van der Waals surface area (Å²) in [5, 5.41) is 18.9. The number of benzene rings is 1. The summed E-state index contributed by atoms with van der Waals surface area (Å²) >= 11 is 6.66. The van der Waals surface area contributed by atoms with E-state index >= 15 is 0 Å². The fourth-order valence-electron chi connectivity index (χ4n) is 3.57. The lowest BCUT2D eigenvalue weighted by Gasteiger charge is -2.52. The number of rotatable bonds is 2. The van der Waals surface area contributed by atoms with Crippen molar-refractivity contribution in [2.45, 2.75) is 29.6 Å². The number of fused-ring (bicyclic) bond motifs is 2. The van der Waals surface area contributed by atoms with Gasteiger partial charge in [-0.05, 0) is 30.4 Å². The van der Waals surface area contributed by atoms with Gasteiger partial charge in [0, 0.05) is 0 Å². The molecule has 1 aromatic carbocycles. The third-order valence-electron chi connectivity index (χ3n) is 4.62. The molecule has 0 heterocycles. The zero-order valence-corrected chi connectivity index (χ0v) is 10.9. The smallest absolute Gasteiger partial charge is 0.316 e. The first-order chi connectivity index (χ1) is 8.92. The molecule has 0 amide bonds. The molecule has 0 aliphatic heterocycles. The fourth-order valence-corrected chi connectivity index (χ4v) is 4.17. The highest BCUT2D eigenvalue weighted by Gasteiger charge is 2.63. The van der Waals surface area contributed by atoms with E-state index in [1.807, 2.05) is 0 Å². The molecule has 0 spiro atoms. The van der Waals surface area contributed by atoms with Crippen molar-refractivity contribution in [1.29, 1.82) is 0 Å². The molecule has 3 aliphatic carbocycles. The summed E-state index contributed by atoms with van der Waals surface area (Å²) in [5.41, 5.74) is 0.200. The first-order valence-corrected chi connectivity index (χ1v) is 6.56. The van der Waals surface area contributed by atoms with Crippen molar-refractivity contribution >= 4 is 23.5 Å². The first kappa shape index (κ1) is 12.5.